The third kappa shape index (κ3) is 6.83. The van der Waals surface area contributed by atoms with Crippen molar-refractivity contribution in [3.8, 4) is 0 Å². The van der Waals surface area contributed by atoms with Crippen LogP contribution in [0.4, 0.5) is 9.59 Å². The quantitative estimate of drug-likeness (QED) is 0.769. The van der Waals surface area contributed by atoms with Crippen LogP contribution in [-0.2, 0) is 20.8 Å². The van der Waals surface area contributed by atoms with Gasteiger partial charge in [-0.2, -0.15) is 0 Å². The predicted octanol–water partition coefficient (Wildman–Crippen LogP) is 3.01. The van der Waals surface area contributed by atoms with Crippen molar-refractivity contribution in [3.05, 3.63) is 35.9 Å². The fraction of sp³-hybridized carbons (Fsp3) is 0.652. The van der Waals surface area contributed by atoms with Gasteiger partial charge < -0.3 is 24.4 Å². The van der Waals surface area contributed by atoms with Crippen molar-refractivity contribution in [2.45, 2.75) is 64.0 Å². The number of methoxy groups -OCH3 is 1. The second-order valence-electron chi connectivity index (χ2n) is 9.24. The maximum atomic E-state index is 12.4. The molecule has 0 saturated carbocycles. The molecule has 0 radical (unpaired) electrons. The van der Waals surface area contributed by atoms with Crippen molar-refractivity contribution in [1.29, 1.82) is 0 Å². The number of carbonyl (C=O) groups excluding carboxylic acids is 2. The molecule has 172 valence electrons. The number of ether oxygens (including phenoxy) is 3. The monoisotopic (exact) mass is 433 g/mol. The van der Waals surface area contributed by atoms with Gasteiger partial charge in [0.2, 0.25) is 0 Å². The summed E-state index contributed by atoms with van der Waals surface area (Å²) in [6.45, 7) is 8.62. The Bertz CT molecular complexity index is 728. The fourth-order valence-corrected chi connectivity index (χ4v) is 4.16. The second-order valence-corrected chi connectivity index (χ2v) is 9.24. The molecule has 1 aromatic carbocycles. The summed E-state index contributed by atoms with van der Waals surface area (Å²) in [7, 11) is 1.67. The minimum atomic E-state index is -0.535. The van der Waals surface area contributed by atoms with E-state index in [1.165, 1.54) is 0 Å². The molecule has 2 heterocycles. The van der Waals surface area contributed by atoms with Crippen LogP contribution in [0.2, 0.25) is 0 Å². The van der Waals surface area contributed by atoms with Gasteiger partial charge in [0.05, 0.1) is 12.1 Å². The zero-order valence-corrected chi connectivity index (χ0v) is 19.0. The fourth-order valence-electron chi connectivity index (χ4n) is 4.16. The van der Waals surface area contributed by atoms with Crippen molar-refractivity contribution in [3.63, 3.8) is 0 Å². The predicted molar refractivity (Wildman–Crippen MR) is 117 cm³/mol. The highest BCUT2D eigenvalue weighted by atomic mass is 16.6. The van der Waals surface area contributed by atoms with Gasteiger partial charge in [0.1, 0.15) is 12.2 Å². The van der Waals surface area contributed by atoms with Crippen LogP contribution in [0.25, 0.3) is 0 Å². The summed E-state index contributed by atoms with van der Waals surface area (Å²) in [4.78, 5) is 28.7. The number of nitrogens with zero attached hydrogens (tertiary/aromatic N) is 2. The van der Waals surface area contributed by atoms with Gasteiger partial charge in [0.15, 0.2) is 0 Å². The van der Waals surface area contributed by atoms with Crippen LogP contribution in [0.5, 0.6) is 0 Å². The molecule has 2 amide bonds. The standard InChI is InChI=1S/C23H35N3O5/c1-23(2,3)31-21(27)24-19-14-26(15-20(19)29-4)18-10-12-25(13-11-18)22(28)30-16-17-8-6-5-7-9-17/h5-9,18-20H,10-16H2,1-4H3,(H,24,27)/t19-,20-/m1/s1. The molecule has 1 aromatic rings. The van der Waals surface area contributed by atoms with E-state index in [2.05, 4.69) is 10.2 Å². The molecule has 3 rings (SSSR count). The average Bonchev–Trinajstić information content (AvgIpc) is 3.14. The first-order chi connectivity index (χ1) is 14.7. The van der Waals surface area contributed by atoms with E-state index in [4.69, 9.17) is 14.2 Å². The lowest BCUT2D eigenvalue weighted by atomic mass is 10.0. The van der Waals surface area contributed by atoms with E-state index in [9.17, 15) is 9.59 Å². The summed E-state index contributed by atoms with van der Waals surface area (Å²) in [6.07, 6.45) is 0.980. The Labute approximate surface area is 184 Å². The Morgan fingerprint density at radius 1 is 1.10 bits per heavy atom. The number of alkyl carbamates (subject to hydrolysis) is 1. The van der Waals surface area contributed by atoms with Gasteiger partial charge in [-0.15, -0.1) is 0 Å². The second kappa shape index (κ2) is 10.3. The van der Waals surface area contributed by atoms with Crippen molar-refractivity contribution < 1.29 is 23.8 Å². The molecule has 0 aromatic heterocycles. The molecule has 8 nitrogen and oxygen atoms in total. The summed E-state index contributed by atoms with van der Waals surface area (Å²) >= 11 is 0. The Balaban J connectivity index is 1.44. The smallest absolute Gasteiger partial charge is 0.410 e. The molecule has 0 aliphatic carbocycles. The molecule has 2 fully saturated rings. The highest BCUT2D eigenvalue weighted by molar-refractivity contribution is 5.68. The highest BCUT2D eigenvalue weighted by Gasteiger charge is 2.39. The summed E-state index contributed by atoms with van der Waals surface area (Å²) < 4.78 is 16.5. The Hall–Kier alpha value is -2.32. The zero-order valence-electron chi connectivity index (χ0n) is 19.0. The number of piperidine rings is 1. The van der Waals surface area contributed by atoms with Gasteiger partial charge in [-0.3, -0.25) is 4.90 Å². The van der Waals surface area contributed by atoms with E-state index in [-0.39, 0.29) is 18.2 Å². The maximum absolute atomic E-state index is 12.4. The summed E-state index contributed by atoms with van der Waals surface area (Å²) in [5.74, 6) is 0. The van der Waals surface area contributed by atoms with Gasteiger partial charge in [-0.25, -0.2) is 9.59 Å². The summed E-state index contributed by atoms with van der Waals surface area (Å²) in [5.41, 5.74) is 0.448. The SMILES string of the molecule is CO[C@@H]1CN(C2CCN(C(=O)OCc3ccccc3)CC2)C[C@H]1NC(=O)OC(C)(C)C. The molecule has 2 aliphatic rings. The van der Waals surface area contributed by atoms with Gasteiger partial charge in [-0.1, -0.05) is 30.3 Å². The number of likely N-dealkylation sites (tertiary alicyclic amines) is 2. The molecule has 0 unspecified atom stereocenters. The normalized spacial score (nSPS) is 22.9. The summed E-state index contributed by atoms with van der Waals surface area (Å²) in [6, 6.07) is 9.93. The number of amides is 2. The van der Waals surface area contributed by atoms with Gasteiger partial charge in [0, 0.05) is 39.3 Å². The molecular weight excluding hydrogens is 398 g/mol. The first-order valence-corrected chi connectivity index (χ1v) is 11.0. The molecule has 2 saturated heterocycles. The van der Waals surface area contributed by atoms with Crippen molar-refractivity contribution in [1.82, 2.24) is 15.1 Å². The molecule has 8 heteroatoms. The third-order valence-corrected chi connectivity index (χ3v) is 5.74. The van der Waals surface area contributed by atoms with Gasteiger partial charge in [0.25, 0.3) is 0 Å². The molecule has 0 spiro atoms. The van der Waals surface area contributed by atoms with E-state index < -0.39 is 11.7 Å². The maximum Gasteiger partial charge on any atom is 0.410 e. The summed E-state index contributed by atoms with van der Waals surface area (Å²) in [5, 5.41) is 2.95. The van der Waals surface area contributed by atoms with Crippen LogP contribution in [0.15, 0.2) is 30.3 Å². The number of hydrogen-bond acceptors (Lipinski definition) is 6. The van der Waals surface area contributed by atoms with E-state index in [1.54, 1.807) is 12.0 Å². The largest absolute Gasteiger partial charge is 0.445 e. The van der Waals surface area contributed by atoms with E-state index >= 15 is 0 Å². The molecule has 2 aliphatic heterocycles. The lowest BCUT2D eigenvalue weighted by molar-refractivity contribution is 0.0412. The molecule has 0 bridgehead atoms. The van der Waals surface area contributed by atoms with Crippen LogP contribution >= 0.6 is 0 Å². The van der Waals surface area contributed by atoms with E-state index in [1.807, 2.05) is 51.1 Å². The highest BCUT2D eigenvalue weighted by Crippen LogP contribution is 2.24. The molecule has 2 atom stereocenters. The Kier molecular flexibility index (Phi) is 7.78. The number of hydrogen-bond donors (Lipinski definition) is 1. The van der Waals surface area contributed by atoms with Crippen LogP contribution in [-0.4, -0.2) is 79.1 Å². The lowest BCUT2D eigenvalue weighted by Crippen LogP contribution is -2.47. The Morgan fingerprint density at radius 3 is 2.39 bits per heavy atom. The lowest BCUT2D eigenvalue weighted by Gasteiger charge is -2.36. The number of benzene rings is 1. The molecule has 1 N–H and O–H groups in total. The average molecular weight is 434 g/mol. The third-order valence-electron chi connectivity index (χ3n) is 5.74. The van der Waals surface area contributed by atoms with Crippen molar-refractivity contribution in [2.24, 2.45) is 0 Å². The van der Waals surface area contributed by atoms with Crippen LogP contribution < -0.4 is 5.32 Å². The first-order valence-electron chi connectivity index (χ1n) is 11.0. The van der Waals surface area contributed by atoms with E-state index in [0.29, 0.717) is 32.3 Å². The van der Waals surface area contributed by atoms with Gasteiger partial charge >= 0.3 is 12.2 Å². The topological polar surface area (TPSA) is 80.3 Å². The van der Waals surface area contributed by atoms with Crippen molar-refractivity contribution >= 4 is 12.2 Å². The number of nitrogens with one attached hydrogen (secondary N) is 1. The minimum Gasteiger partial charge on any atom is -0.445 e. The molecular formula is C23H35N3O5. The molecule has 31 heavy (non-hydrogen) atoms. The van der Waals surface area contributed by atoms with Crippen LogP contribution in [0.3, 0.4) is 0 Å². The first kappa shape index (κ1) is 23.3. The van der Waals surface area contributed by atoms with Crippen LogP contribution in [0, 0.1) is 0 Å². The van der Waals surface area contributed by atoms with Gasteiger partial charge in [-0.05, 0) is 39.2 Å². The number of carbonyl (C=O) groups is 2. The number of rotatable bonds is 5. The Morgan fingerprint density at radius 2 is 1.77 bits per heavy atom. The minimum absolute atomic E-state index is 0.0821. The zero-order chi connectivity index (χ0) is 22.4. The van der Waals surface area contributed by atoms with Crippen molar-refractivity contribution in [2.75, 3.05) is 33.3 Å². The van der Waals surface area contributed by atoms with Crippen LogP contribution in [0.1, 0.15) is 39.2 Å². The van der Waals surface area contributed by atoms with E-state index in [0.717, 1.165) is 24.9 Å².